The molecule has 0 saturated carbocycles. The Hall–Kier alpha value is -3.32. The van der Waals surface area contributed by atoms with Crippen molar-refractivity contribution >= 4 is 11.9 Å². The number of esters is 2. The lowest BCUT2D eigenvalue weighted by Gasteiger charge is -2.08. The van der Waals surface area contributed by atoms with Gasteiger partial charge in [-0.1, -0.05) is 6.58 Å². The minimum Gasteiger partial charge on any atom is -0.494 e. The number of hydrogen-bond donors (Lipinski definition) is 1. The van der Waals surface area contributed by atoms with Crippen LogP contribution in [0.25, 0.3) is 0 Å². The van der Waals surface area contributed by atoms with Crippen molar-refractivity contribution in [2.75, 3.05) is 26.4 Å². The quantitative estimate of drug-likeness (QED) is 0.211. The fourth-order valence-corrected chi connectivity index (χ4v) is 2.60. The summed E-state index contributed by atoms with van der Waals surface area (Å²) in [5, 5.41) is 8.75. The highest BCUT2D eigenvalue weighted by molar-refractivity contribution is 5.91. The molecule has 0 radical (unpaired) electrons. The smallest absolute Gasteiger partial charge is 0.343 e. The predicted molar refractivity (Wildman–Crippen MR) is 116 cm³/mol. The van der Waals surface area contributed by atoms with E-state index >= 15 is 0 Å². The number of benzene rings is 2. The van der Waals surface area contributed by atoms with Crippen LogP contribution in [0.3, 0.4) is 0 Å². The van der Waals surface area contributed by atoms with Gasteiger partial charge < -0.3 is 24.1 Å². The Labute approximate surface area is 182 Å². The number of rotatable bonds is 14. The first-order valence-corrected chi connectivity index (χ1v) is 10.2. The molecule has 1 N–H and O–H groups in total. The molecule has 0 unspecified atom stereocenters. The minimum atomic E-state index is -0.465. The highest BCUT2D eigenvalue weighted by atomic mass is 16.5. The van der Waals surface area contributed by atoms with Crippen molar-refractivity contribution < 1.29 is 33.6 Å². The second-order valence-electron chi connectivity index (χ2n) is 6.59. The topological polar surface area (TPSA) is 91.3 Å². The summed E-state index contributed by atoms with van der Waals surface area (Å²) >= 11 is 0. The summed E-state index contributed by atoms with van der Waals surface area (Å²) in [5.74, 6) is 0.819. The summed E-state index contributed by atoms with van der Waals surface area (Å²) in [5.41, 5.74) is 0.419. The van der Waals surface area contributed by atoms with E-state index in [1.54, 1.807) is 48.5 Å². The van der Waals surface area contributed by atoms with Gasteiger partial charge in [-0.2, -0.15) is 0 Å². The van der Waals surface area contributed by atoms with Crippen molar-refractivity contribution in [3.05, 3.63) is 66.7 Å². The molecule has 166 valence electrons. The van der Waals surface area contributed by atoms with Crippen molar-refractivity contribution in [3.8, 4) is 17.2 Å². The summed E-state index contributed by atoms with van der Waals surface area (Å²) in [7, 11) is 0. The van der Waals surface area contributed by atoms with Crippen LogP contribution in [0.4, 0.5) is 0 Å². The van der Waals surface area contributed by atoms with Crippen LogP contribution >= 0.6 is 0 Å². The highest BCUT2D eigenvalue weighted by Gasteiger charge is 2.09. The SMILES string of the molecule is C=CC(=O)OCCCCCCOc1ccc(C(=O)Oc2ccc(OCCO)cc2)cc1. The van der Waals surface area contributed by atoms with E-state index in [0.29, 0.717) is 36.0 Å². The number of carbonyl (C=O) groups is 2. The number of hydrogen-bond acceptors (Lipinski definition) is 7. The van der Waals surface area contributed by atoms with E-state index in [4.69, 9.17) is 24.1 Å². The molecule has 0 amide bonds. The standard InChI is InChI=1S/C24H28O7/c1-2-23(26)30-17-6-4-3-5-16-28-20-9-7-19(8-10-20)24(27)31-22-13-11-21(12-14-22)29-18-15-25/h2,7-14,25H,1,3-6,15-18H2. The molecule has 0 aliphatic heterocycles. The van der Waals surface area contributed by atoms with Crippen LogP contribution in [0.2, 0.25) is 0 Å². The van der Waals surface area contributed by atoms with Gasteiger partial charge in [-0.25, -0.2) is 9.59 Å². The summed E-state index contributed by atoms with van der Waals surface area (Å²) in [6, 6.07) is 13.4. The Bertz CT molecular complexity index is 813. The van der Waals surface area contributed by atoms with Crippen LogP contribution in [-0.2, 0) is 9.53 Å². The largest absolute Gasteiger partial charge is 0.494 e. The molecule has 0 atom stereocenters. The first kappa shape index (κ1) is 24.0. The maximum Gasteiger partial charge on any atom is 0.343 e. The van der Waals surface area contributed by atoms with Crippen molar-refractivity contribution in [1.82, 2.24) is 0 Å². The van der Waals surface area contributed by atoms with Crippen LogP contribution in [0, 0.1) is 0 Å². The molecule has 7 heteroatoms. The molecule has 7 nitrogen and oxygen atoms in total. The van der Waals surface area contributed by atoms with E-state index in [0.717, 1.165) is 31.8 Å². The monoisotopic (exact) mass is 428 g/mol. The summed E-state index contributed by atoms with van der Waals surface area (Å²) in [6.45, 7) is 4.47. The van der Waals surface area contributed by atoms with Crippen molar-refractivity contribution in [2.45, 2.75) is 25.7 Å². The molecular weight excluding hydrogens is 400 g/mol. The molecule has 0 spiro atoms. The minimum absolute atomic E-state index is 0.0640. The van der Waals surface area contributed by atoms with E-state index in [1.807, 2.05) is 0 Å². The molecule has 0 heterocycles. The lowest BCUT2D eigenvalue weighted by Crippen LogP contribution is -2.08. The van der Waals surface area contributed by atoms with Crippen LogP contribution < -0.4 is 14.2 Å². The summed E-state index contributed by atoms with van der Waals surface area (Å²) < 4.78 is 21.2. The van der Waals surface area contributed by atoms with E-state index in [-0.39, 0.29) is 13.2 Å². The van der Waals surface area contributed by atoms with Gasteiger partial charge in [-0.15, -0.1) is 0 Å². The van der Waals surface area contributed by atoms with E-state index < -0.39 is 11.9 Å². The molecule has 0 aliphatic rings. The van der Waals surface area contributed by atoms with Gasteiger partial charge in [0.25, 0.3) is 0 Å². The average Bonchev–Trinajstić information content (AvgIpc) is 2.80. The van der Waals surface area contributed by atoms with Crippen LogP contribution in [0.1, 0.15) is 36.0 Å². The van der Waals surface area contributed by atoms with Gasteiger partial charge in [0.1, 0.15) is 23.9 Å². The maximum absolute atomic E-state index is 12.3. The zero-order valence-electron chi connectivity index (χ0n) is 17.5. The van der Waals surface area contributed by atoms with Gasteiger partial charge in [0.05, 0.1) is 25.4 Å². The van der Waals surface area contributed by atoms with E-state index in [1.165, 1.54) is 0 Å². The highest BCUT2D eigenvalue weighted by Crippen LogP contribution is 2.20. The summed E-state index contributed by atoms with van der Waals surface area (Å²) in [4.78, 5) is 23.2. The number of unbranched alkanes of at least 4 members (excludes halogenated alkanes) is 3. The Morgan fingerprint density at radius 1 is 0.774 bits per heavy atom. The van der Waals surface area contributed by atoms with Crippen molar-refractivity contribution in [3.63, 3.8) is 0 Å². The van der Waals surface area contributed by atoms with E-state index in [2.05, 4.69) is 6.58 Å². The number of aliphatic hydroxyl groups is 1. The van der Waals surface area contributed by atoms with Crippen molar-refractivity contribution in [2.24, 2.45) is 0 Å². The van der Waals surface area contributed by atoms with E-state index in [9.17, 15) is 9.59 Å². The average molecular weight is 428 g/mol. The zero-order valence-corrected chi connectivity index (χ0v) is 17.5. The van der Waals surface area contributed by atoms with Gasteiger partial charge >= 0.3 is 11.9 Å². The molecule has 2 aromatic rings. The van der Waals surface area contributed by atoms with Gasteiger partial charge in [0.2, 0.25) is 0 Å². The van der Waals surface area contributed by atoms with Gasteiger partial charge in [-0.3, -0.25) is 0 Å². The molecule has 0 aliphatic carbocycles. The molecular formula is C24H28O7. The third kappa shape index (κ3) is 9.35. The molecule has 2 aromatic carbocycles. The zero-order chi connectivity index (χ0) is 22.3. The lowest BCUT2D eigenvalue weighted by atomic mass is 10.2. The molecule has 31 heavy (non-hydrogen) atoms. The second-order valence-corrected chi connectivity index (χ2v) is 6.59. The Morgan fingerprint density at radius 3 is 1.94 bits per heavy atom. The molecule has 0 aromatic heterocycles. The Balaban J connectivity index is 1.66. The Kier molecular flexibility index (Phi) is 10.7. The van der Waals surface area contributed by atoms with Gasteiger partial charge in [-0.05, 0) is 74.2 Å². The molecule has 2 rings (SSSR count). The number of carbonyl (C=O) groups excluding carboxylic acids is 2. The maximum atomic E-state index is 12.3. The first-order chi connectivity index (χ1) is 15.1. The molecule has 0 bridgehead atoms. The van der Waals surface area contributed by atoms with Crippen LogP contribution in [0.5, 0.6) is 17.2 Å². The van der Waals surface area contributed by atoms with Gasteiger partial charge in [0, 0.05) is 6.08 Å². The van der Waals surface area contributed by atoms with Crippen LogP contribution in [0.15, 0.2) is 61.2 Å². The second kappa shape index (κ2) is 13.8. The summed E-state index contributed by atoms with van der Waals surface area (Å²) in [6.07, 6.45) is 4.78. The first-order valence-electron chi connectivity index (χ1n) is 10.2. The molecule has 0 fully saturated rings. The molecule has 0 saturated heterocycles. The Morgan fingerprint density at radius 2 is 1.32 bits per heavy atom. The normalized spacial score (nSPS) is 10.2. The van der Waals surface area contributed by atoms with Crippen molar-refractivity contribution in [1.29, 1.82) is 0 Å². The third-order valence-corrected chi connectivity index (χ3v) is 4.20. The van der Waals surface area contributed by atoms with Crippen LogP contribution in [-0.4, -0.2) is 43.5 Å². The fourth-order valence-electron chi connectivity index (χ4n) is 2.60. The lowest BCUT2D eigenvalue weighted by molar-refractivity contribution is -0.137. The van der Waals surface area contributed by atoms with Gasteiger partial charge in [0.15, 0.2) is 0 Å². The fraction of sp³-hybridized carbons (Fsp3) is 0.333. The third-order valence-electron chi connectivity index (χ3n) is 4.20. The predicted octanol–water partition coefficient (Wildman–Crippen LogP) is 3.95. The number of ether oxygens (including phenoxy) is 4. The number of aliphatic hydroxyl groups excluding tert-OH is 1.